The van der Waals surface area contributed by atoms with Gasteiger partial charge in [0.25, 0.3) is 0 Å². The molecular weight excluding hydrogens is 266 g/mol. The van der Waals surface area contributed by atoms with Crippen molar-refractivity contribution in [1.82, 2.24) is 4.90 Å². The van der Waals surface area contributed by atoms with E-state index in [4.69, 9.17) is 10.5 Å². The van der Waals surface area contributed by atoms with Gasteiger partial charge in [0.2, 0.25) is 0 Å². The lowest BCUT2D eigenvalue weighted by molar-refractivity contribution is 0.0526. The van der Waals surface area contributed by atoms with Gasteiger partial charge in [-0.1, -0.05) is 0 Å². The third-order valence-electron chi connectivity index (χ3n) is 3.87. The van der Waals surface area contributed by atoms with Crippen LogP contribution in [-0.4, -0.2) is 44.2 Å². The molecule has 0 saturated carbocycles. The van der Waals surface area contributed by atoms with Crippen molar-refractivity contribution < 1.29 is 9.53 Å². The number of likely N-dealkylation sites (tertiary alicyclic amines) is 1. The summed E-state index contributed by atoms with van der Waals surface area (Å²) < 4.78 is 4.97. The number of carbonyl (C=O) groups is 1. The number of ether oxygens (including phenoxy) is 1. The van der Waals surface area contributed by atoms with Gasteiger partial charge in [-0.2, -0.15) is 0 Å². The number of nitrogen functional groups attached to an aromatic ring is 1. The molecule has 1 aromatic carbocycles. The van der Waals surface area contributed by atoms with E-state index in [0.29, 0.717) is 23.8 Å². The van der Waals surface area contributed by atoms with E-state index >= 15 is 0 Å². The lowest BCUT2D eigenvalue weighted by Crippen LogP contribution is -2.35. The first-order chi connectivity index (χ1) is 10.1. The molecule has 5 nitrogen and oxygen atoms in total. The molecule has 3 N–H and O–H groups in total. The van der Waals surface area contributed by atoms with Crippen LogP contribution in [0.3, 0.4) is 0 Å². The standard InChI is InChI=1S/C16H25N3O2/c1-3-21-16(20)13-6-7-15(14(17)9-13)18-10-12-5-4-8-19(2)11-12/h6-7,9,12,18H,3-5,8,10-11,17H2,1-2H3. The maximum atomic E-state index is 11.6. The van der Waals surface area contributed by atoms with Crippen LogP contribution in [0.1, 0.15) is 30.1 Å². The average Bonchev–Trinajstić information content (AvgIpc) is 2.46. The summed E-state index contributed by atoms with van der Waals surface area (Å²) in [4.78, 5) is 14.0. The Balaban J connectivity index is 1.93. The molecule has 0 bridgehead atoms. The first-order valence-corrected chi connectivity index (χ1v) is 7.59. The monoisotopic (exact) mass is 291 g/mol. The molecule has 21 heavy (non-hydrogen) atoms. The van der Waals surface area contributed by atoms with Crippen molar-refractivity contribution in [3.8, 4) is 0 Å². The Morgan fingerprint density at radius 3 is 3.00 bits per heavy atom. The van der Waals surface area contributed by atoms with Gasteiger partial charge in [0.05, 0.1) is 23.5 Å². The van der Waals surface area contributed by atoms with Crippen LogP contribution in [0.2, 0.25) is 0 Å². The molecule has 1 aliphatic rings. The van der Waals surface area contributed by atoms with E-state index in [0.717, 1.165) is 18.8 Å². The molecule has 1 aromatic rings. The van der Waals surface area contributed by atoms with Crippen molar-refractivity contribution in [2.75, 3.05) is 44.3 Å². The van der Waals surface area contributed by atoms with Crippen molar-refractivity contribution >= 4 is 17.3 Å². The van der Waals surface area contributed by atoms with Crippen molar-refractivity contribution in [3.63, 3.8) is 0 Å². The second-order valence-electron chi connectivity index (χ2n) is 5.67. The third kappa shape index (κ3) is 4.36. The maximum Gasteiger partial charge on any atom is 0.338 e. The molecule has 1 aliphatic heterocycles. The van der Waals surface area contributed by atoms with Gasteiger partial charge in [-0.05, 0) is 57.5 Å². The van der Waals surface area contributed by atoms with Gasteiger partial charge in [0, 0.05) is 13.1 Å². The van der Waals surface area contributed by atoms with Gasteiger partial charge in [-0.3, -0.25) is 0 Å². The first kappa shape index (κ1) is 15.6. The SMILES string of the molecule is CCOC(=O)c1ccc(NCC2CCCN(C)C2)c(N)c1. The zero-order valence-electron chi connectivity index (χ0n) is 12.9. The molecule has 1 atom stereocenters. The van der Waals surface area contributed by atoms with E-state index in [2.05, 4.69) is 17.3 Å². The molecule has 1 heterocycles. The second kappa shape index (κ2) is 7.31. The molecule has 0 aliphatic carbocycles. The number of carbonyl (C=O) groups excluding carboxylic acids is 1. The minimum Gasteiger partial charge on any atom is -0.462 e. The van der Waals surface area contributed by atoms with E-state index in [-0.39, 0.29) is 5.97 Å². The fourth-order valence-electron chi connectivity index (χ4n) is 2.76. The van der Waals surface area contributed by atoms with Crippen LogP contribution in [0.25, 0.3) is 0 Å². The fourth-order valence-corrected chi connectivity index (χ4v) is 2.76. The van der Waals surface area contributed by atoms with Crippen molar-refractivity contribution in [2.45, 2.75) is 19.8 Å². The molecule has 1 saturated heterocycles. The Morgan fingerprint density at radius 2 is 2.33 bits per heavy atom. The van der Waals surface area contributed by atoms with Gasteiger partial charge in [0.1, 0.15) is 0 Å². The number of anilines is 2. The van der Waals surface area contributed by atoms with Crippen LogP contribution in [-0.2, 0) is 4.74 Å². The molecule has 0 amide bonds. The van der Waals surface area contributed by atoms with Crippen molar-refractivity contribution in [2.24, 2.45) is 5.92 Å². The van der Waals surface area contributed by atoms with Crippen LogP contribution in [0.15, 0.2) is 18.2 Å². The highest BCUT2D eigenvalue weighted by Gasteiger charge is 2.17. The van der Waals surface area contributed by atoms with E-state index in [1.807, 2.05) is 6.07 Å². The highest BCUT2D eigenvalue weighted by Crippen LogP contribution is 2.22. The van der Waals surface area contributed by atoms with Crippen molar-refractivity contribution in [1.29, 1.82) is 0 Å². The fraction of sp³-hybridized carbons (Fsp3) is 0.562. The van der Waals surface area contributed by atoms with Gasteiger partial charge in [-0.15, -0.1) is 0 Å². The smallest absolute Gasteiger partial charge is 0.338 e. The summed E-state index contributed by atoms with van der Waals surface area (Å²) in [5.41, 5.74) is 7.99. The topological polar surface area (TPSA) is 67.6 Å². The number of piperidine rings is 1. The highest BCUT2D eigenvalue weighted by molar-refractivity contribution is 5.91. The minimum atomic E-state index is -0.329. The molecule has 1 unspecified atom stereocenters. The molecule has 0 radical (unpaired) electrons. The number of nitrogens with zero attached hydrogens (tertiary/aromatic N) is 1. The maximum absolute atomic E-state index is 11.6. The molecule has 1 fully saturated rings. The summed E-state index contributed by atoms with van der Waals surface area (Å²) in [5.74, 6) is 0.317. The Labute approximate surface area is 126 Å². The minimum absolute atomic E-state index is 0.329. The van der Waals surface area contributed by atoms with Crippen LogP contribution >= 0.6 is 0 Å². The zero-order chi connectivity index (χ0) is 15.2. The summed E-state index contributed by atoms with van der Waals surface area (Å²) in [6.07, 6.45) is 2.50. The lowest BCUT2D eigenvalue weighted by atomic mass is 9.98. The summed E-state index contributed by atoms with van der Waals surface area (Å²) >= 11 is 0. The highest BCUT2D eigenvalue weighted by atomic mass is 16.5. The van der Waals surface area contributed by atoms with E-state index in [1.165, 1.54) is 19.4 Å². The van der Waals surface area contributed by atoms with E-state index < -0.39 is 0 Å². The zero-order valence-corrected chi connectivity index (χ0v) is 12.9. The molecule has 0 spiro atoms. The van der Waals surface area contributed by atoms with Crippen LogP contribution in [0, 0.1) is 5.92 Å². The van der Waals surface area contributed by atoms with E-state index in [9.17, 15) is 4.79 Å². The number of nitrogens with one attached hydrogen (secondary N) is 1. The Hall–Kier alpha value is -1.75. The molecule has 5 heteroatoms. The number of esters is 1. The Morgan fingerprint density at radius 1 is 1.52 bits per heavy atom. The normalized spacial score (nSPS) is 19.2. The largest absolute Gasteiger partial charge is 0.462 e. The van der Waals surface area contributed by atoms with Crippen LogP contribution in [0.5, 0.6) is 0 Å². The summed E-state index contributed by atoms with van der Waals surface area (Å²) in [5, 5.41) is 3.40. The number of rotatable bonds is 5. The third-order valence-corrected chi connectivity index (χ3v) is 3.87. The van der Waals surface area contributed by atoms with E-state index in [1.54, 1.807) is 19.1 Å². The first-order valence-electron chi connectivity index (χ1n) is 7.59. The predicted molar refractivity (Wildman–Crippen MR) is 85.5 cm³/mol. The van der Waals surface area contributed by atoms with Crippen molar-refractivity contribution in [3.05, 3.63) is 23.8 Å². The van der Waals surface area contributed by atoms with Crippen LogP contribution < -0.4 is 11.1 Å². The molecule has 116 valence electrons. The number of benzene rings is 1. The summed E-state index contributed by atoms with van der Waals surface area (Å²) in [6, 6.07) is 5.28. The van der Waals surface area contributed by atoms with Gasteiger partial charge >= 0.3 is 5.97 Å². The molecule has 0 aromatic heterocycles. The van der Waals surface area contributed by atoms with Gasteiger partial charge in [-0.25, -0.2) is 4.79 Å². The summed E-state index contributed by atoms with van der Waals surface area (Å²) in [6.45, 7) is 5.38. The lowest BCUT2D eigenvalue weighted by Gasteiger charge is -2.30. The number of nitrogens with two attached hydrogens (primary N) is 1. The average molecular weight is 291 g/mol. The Bertz CT molecular complexity index is 490. The number of hydrogen-bond acceptors (Lipinski definition) is 5. The number of hydrogen-bond donors (Lipinski definition) is 2. The Kier molecular flexibility index (Phi) is 5.44. The van der Waals surface area contributed by atoms with Crippen LogP contribution in [0.4, 0.5) is 11.4 Å². The van der Waals surface area contributed by atoms with Gasteiger partial charge in [0.15, 0.2) is 0 Å². The predicted octanol–water partition coefficient (Wildman–Crippen LogP) is 2.20. The second-order valence-corrected chi connectivity index (χ2v) is 5.67. The molecular formula is C16H25N3O2. The quantitative estimate of drug-likeness (QED) is 0.643. The molecule has 2 rings (SSSR count). The van der Waals surface area contributed by atoms with Gasteiger partial charge < -0.3 is 20.7 Å². The summed E-state index contributed by atoms with van der Waals surface area (Å²) in [7, 11) is 2.16.